The molecule has 174 valence electrons. The van der Waals surface area contributed by atoms with Crippen molar-refractivity contribution in [2.24, 2.45) is 11.8 Å². The Labute approximate surface area is 184 Å². The molecule has 2 aliphatic heterocycles. The van der Waals surface area contributed by atoms with Crippen LogP contribution in [0.5, 0.6) is 0 Å². The van der Waals surface area contributed by atoms with Gasteiger partial charge < -0.3 is 20.4 Å². The van der Waals surface area contributed by atoms with Crippen molar-refractivity contribution in [1.82, 2.24) is 20.4 Å². The molecule has 30 heavy (non-hydrogen) atoms. The van der Waals surface area contributed by atoms with E-state index in [2.05, 4.69) is 27.4 Å². The molecule has 2 N–H and O–H groups in total. The average Bonchev–Trinajstić information content (AvgIpc) is 2.77. The highest BCUT2D eigenvalue weighted by molar-refractivity contribution is 5.76. The highest BCUT2D eigenvalue weighted by atomic mass is 16.2. The van der Waals surface area contributed by atoms with Gasteiger partial charge in [0, 0.05) is 45.6 Å². The number of carbonyl (C=O) groups is 2. The Morgan fingerprint density at radius 2 is 1.50 bits per heavy atom. The van der Waals surface area contributed by atoms with Crippen LogP contribution in [-0.4, -0.2) is 74.5 Å². The number of likely N-dealkylation sites (tertiary alicyclic amines) is 2. The molecule has 0 aliphatic carbocycles. The largest absolute Gasteiger partial charge is 0.356 e. The molecule has 2 fully saturated rings. The summed E-state index contributed by atoms with van der Waals surface area (Å²) in [5, 5.41) is 6.08. The van der Waals surface area contributed by atoms with Crippen molar-refractivity contribution in [2.75, 3.05) is 52.9 Å². The van der Waals surface area contributed by atoms with Crippen molar-refractivity contribution in [3.63, 3.8) is 0 Å². The Morgan fingerprint density at radius 3 is 2.10 bits per heavy atom. The highest BCUT2D eigenvalue weighted by Gasteiger charge is 2.23. The lowest BCUT2D eigenvalue weighted by molar-refractivity contribution is -0.132. The molecule has 6 heteroatoms. The summed E-state index contributed by atoms with van der Waals surface area (Å²) in [7, 11) is 1.90. The number of amides is 2. The van der Waals surface area contributed by atoms with Crippen molar-refractivity contribution in [2.45, 2.75) is 77.6 Å². The molecule has 2 heterocycles. The van der Waals surface area contributed by atoms with E-state index >= 15 is 0 Å². The Balaban J connectivity index is 1.49. The molecular weight excluding hydrogens is 376 g/mol. The zero-order valence-electron chi connectivity index (χ0n) is 19.6. The minimum Gasteiger partial charge on any atom is -0.356 e. The van der Waals surface area contributed by atoms with E-state index in [4.69, 9.17) is 0 Å². The molecule has 0 saturated carbocycles. The maximum Gasteiger partial charge on any atom is 0.223 e. The summed E-state index contributed by atoms with van der Waals surface area (Å²) in [4.78, 5) is 28.5. The van der Waals surface area contributed by atoms with Gasteiger partial charge in [-0.05, 0) is 64.1 Å². The van der Waals surface area contributed by atoms with Gasteiger partial charge in [-0.3, -0.25) is 9.59 Å². The molecule has 6 nitrogen and oxygen atoms in total. The molecule has 0 spiro atoms. The molecule has 0 bridgehead atoms. The first kappa shape index (κ1) is 25.1. The van der Waals surface area contributed by atoms with Gasteiger partial charge in [-0.15, -0.1) is 0 Å². The molecule has 0 unspecified atom stereocenters. The zero-order chi connectivity index (χ0) is 21.6. The molecule has 0 atom stereocenters. The van der Waals surface area contributed by atoms with Crippen molar-refractivity contribution < 1.29 is 9.59 Å². The van der Waals surface area contributed by atoms with Crippen LogP contribution in [-0.2, 0) is 9.59 Å². The highest BCUT2D eigenvalue weighted by Crippen LogP contribution is 2.27. The van der Waals surface area contributed by atoms with Gasteiger partial charge in [0.1, 0.15) is 0 Å². The van der Waals surface area contributed by atoms with Crippen LogP contribution in [0.3, 0.4) is 0 Å². The number of nitrogens with one attached hydrogen (secondary N) is 2. The monoisotopic (exact) mass is 422 g/mol. The first-order valence-electron chi connectivity index (χ1n) is 12.5. The quantitative estimate of drug-likeness (QED) is 0.448. The molecule has 0 aromatic heterocycles. The van der Waals surface area contributed by atoms with Gasteiger partial charge in [0.25, 0.3) is 0 Å². The average molecular weight is 423 g/mol. The number of carbonyl (C=O) groups excluding carboxylic acids is 2. The third kappa shape index (κ3) is 9.78. The van der Waals surface area contributed by atoms with Gasteiger partial charge in [0.05, 0.1) is 0 Å². The Hall–Kier alpha value is -1.14. The summed E-state index contributed by atoms with van der Waals surface area (Å²) in [6.07, 6.45) is 12.4. The Morgan fingerprint density at radius 1 is 0.867 bits per heavy atom. The summed E-state index contributed by atoms with van der Waals surface area (Å²) in [5.41, 5.74) is 0. The smallest absolute Gasteiger partial charge is 0.223 e. The van der Waals surface area contributed by atoms with Gasteiger partial charge in [-0.25, -0.2) is 0 Å². The standard InChI is InChI=1S/C24H46N4O2/c1-3-4-14-26-23(29)13-18-27-16-9-21(10-17-27)6-5-7-22-11-19-28(20-12-22)24(30)8-15-25-2/h21-22,25H,3-20H2,1-2H3,(H,26,29). The van der Waals surface area contributed by atoms with Crippen LogP contribution < -0.4 is 10.6 Å². The molecule has 2 aliphatic rings. The molecule has 2 amide bonds. The fourth-order valence-electron chi connectivity index (χ4n) is 4.81. The van der Waals surface area contributed by atoms with Crippen LogP contribution >= 0.6 is 0 Å². The minimum absolute atomic E-state index is 0.209. The van der Waals surface area contributed by atoms with Crippen molar-refractivity contribution in [3.8, 4) is 0 Å². The fraction of sp³-hybridized carbons (Fsp3) is 0.917. The summed E-state index contributed by atoms with van der Waals surface area (Å²) in [6.45, 7) is 8.88. The van der Waals surface area contributed by atoms with Crippen LogP contribution in [0.4, 0.5) is 0 Å². The number of unbranched alkanes of at least 4 members (excludes halogenated alkanes) is 1. The molecule has 0 aromatic rings. The van der Waals surface area contributed by atoms with Crippen molar-refractivity contribution >= 4 is 11.8 Å². The SMILES string of the molecule is CCCCNC(=O)CCN1CCC(CCCC2CCN(C(=O)CCNC)CC2)CC1. The molecule has 2 saturated heterocycles. The van der Waals surface area contributed by atoms with Crippen molar-refractivity contribution in [1.29, 1.82) is 0 Å². The first-order valence-corrected chi connectivity index (χ1v) is 12.5. The van der Waals surface area contributed by atoms with E-state index < -0.39 is 0 Å². The van der Waals surface area contributed by atoms with E-state index in [1.807, 2.05) is 7.05 Å². The Bertz CT molecular complexity index is 484. The number of hydrogen-bond donors (Lipinski definition) is 2. The summed E-state index contributed by atoms with van der Waals surface area (Å²) in [5.74, 6) is 2.20. The van der Waals surface area contributed by atoms with E-state index in [0.717, 1.165) is 70.5 Å². The lowest BCUT2D eigenvalue weighted by atomic mass is 9.87. The number of nitrogens with zero attached hydrogens (tertiary/aromatic N) is 2. The molecule has 0 aromatic carbocycles. The van der Waals surface area contributed by atoms with E-state index in [1.165, 1.54) is 44.9 Å². The second-order valence-corrected chi connectivity index (χ2v) is 9.35. The van der Waals surface area contributed by atoms with Crippen LogP contribution in [0.15, 0.2) is 0 Å². The summed E-state index contributed by atoms with van der Waals surface area (Å²) < 4.78 is 0. The maximum absolute atomic E-state index is 12.1. The third-order valence-electron chi connectivity index (χ3n) is 7.00. The lowest BCUT2D eigenvalue weighted by Crippen LogP contribution is -2.39. The summed E-state index contributed by atoms with van der Waals surface area (Å²) in [6, 6.07) is 0. The van der Waals surface area contributed by atoms with Gasteiger partial charge in [-0.1, -0.05) is 32.6 Å². The second-order valence-electron chi connectivity index (χ2n) is 9.35. The number of hydrogen-bond acceptors (Lipinski definition) is 4. The number of piperidine rings is 2. The second kappa shape index (κ2) is 14.8. The lowest BCUT2D eigenvalue weighted by Gasteiger charge is -2.33. The predicted molar refractivity (Wildman–Crippen MR) is 123 cm³/mol. The van der Waals surface area contributed by atoms with E-state index in [0.29, 0.717) is 18.7 Å². The van der Waals surface area contributed by atoms with Crippen LogP contribution in [0.25, 0.3) is 0 Å². The number of rotatable bonds is 13. The van der Waals surface area contributed by atoms with Gasteiger partial charge >= 0.3 is 0 Å². The minimum atomic E-state index is 0.209. The Kier molecular flexibility index (Phi) is 12.4. The molecular formula is C24H46N4O2. The van der Waals surface area contributed by atoms with Crippen molar-refractivity contribution in [3.05, 3.63) is 0 Å². The molecule has 0 radical (unpaired) electrons. The topological polar surface area (TPSA) is 64.7 Å². The first-order chi connectivity index (χ1) is 14.6. The summed E-state index contributed by atoms with van der Waals surface area (Å²) >= 11 is 0. The predicted octanol–water partition coefficient (Wildman–Crippen LogP) is 3.02. The van der Waals surface area contributed by atoms with E-state index in [9.17, 15) is 9.59 Å². The van der Waals surface area contributed by atoms with Crippen LogP contribution in [0.1, 0.15) is 77.6 Å². The van der Waals surface area contributed by atoms with Gasteiger partial charge in [0.15, 0.2) is 0 Å². The fourth-order valence-corrected chi connectivity index (χ4v) is 4.81. The normalized spacial score (nSPS) is 19.2. The molecule has 2 rings (SSSR count). The maximum atomic E-state index is 12.1. The third-order valence-corrected chi connectivity index (χ3v) is 7.00. The van der Waals surface area contributed by atoms with Crippen LogP contribution in [0, 0.1) is 11.8 Å². The zero-order valence-corrected chi connectivity index (χ0v) is 19.6. The van der Waals surface area contributed by atoms with Gasteiger partial charge in [-0.2, -0.15) is 0 Å². The van der Waals surface area contributed by atoms with Gasteiger partial charge in [0.2, 0.25) is 11.8 Å². The van der Waals surface area contributed by atoms with Crippen LogP contribution in [0.2, 0.25) is 0 Å². The van der Waals surface area contributed by atoms with E-state index in [1.54, 1.807) is 0 Å². The van der Waals surface area contributed by atoms with E-state index in [-0.39, 0.29) is 5.91 Å².